The van der Waals surface area contributed by atoms with E-state index in [-0.39, 0.29) is 5.69 Å². The first-order valence-corrected chi connectivity index (χ1v) is 6.92. The van der Waals surface area contributed by atoms with E-state index in [0.717, 1.165) is 31.6 Å². The van der Waals surface area contributed by atoms with Gasteiger partial charge in [-0.2, -0.15) is 0 Å². The third kappa shape index (κ3) is 6.22. The highest BCUT2D eigenvalue weighted by atomic mass is 16.5. The van der Waals surface area contributed by atoms with Crippen LogP contribution in [0.15, 0.2) is 12.1 Å². The van der Waals surface area contributed by atoms with Crippen LogP contribution in [0.4, 0.5) is 10.5 Å². The monoisotopic (exact) mass is 298 g/mol. The van der Waals surface area contributed by atoms with Gasteiger partial charge in [0.25, 0.3) is 0 Å². The van der Waals surface area contributed by atoms with Gasteiger partial charge in [-0.1, -0.05) is 13.3 Å². The van der Waals surface area contributed by atoms with E-state index in [1.807, 2.05) is 0 Å². The zero-order valence-corrected chi connectivity index (χ0v) is 12.1. The van der Waals surface area contributed by atoms with Crippen molar-refractivity contribution in [2.45, 2.75) is 26.2 Å². The van der Waals surface area contributed by atoms with Gasteiger partial charge in [0.2, 0.25) is 0 Å². The highest BCUT2D eigenvalue weighted by molar-refractivity contribution is 5.90. The Hall–Kier alpha value is -2.15. The van der Waals surface area contributed by atoms with Gasteiger partial charge in [0.15, 0.2) is 17.2 Å². The molecule has 5 N–H and O–H groups in total. The highest BCUT2D eigenvalue weighted by Crippen LogP contribution is 2.37. The van der Waals surface area contributed by atoms with Crippen LogP contribution in [0.1, 0.15) is 26.2 Å². The molecule has 0 radical (unpaired) electrons. The van der Waals surface area contributed by atoms with Crippen molar-refractivity contribution >= 4 is 11.7 Å². The molecule has 0 aromatic heterocycles. The number of rotatable bonds is 8. The fraction of sp³-hybridized carbons (Fsp3) is 0.500. The number of carbonyl (C=O) groups is 1. The van der Waals surface area contributed by atoms with Crippen LogP contribution >= 0.6 is 0 Å². The fourth-order valence-electron chi connectivity index (χ4n) is 1.58. The maximum Gasteiger partial charge on any atom is 0.319 e. The Morgan fingerprint density at radius 3 is 2.38 bits per heavy atom. The van der Waals surface area contributed by atoms with Gasteiger partial charge in [-0.25, -0.2) is 4.79 Å². The number of benzene rings is 1. The van der Waals surface area contributed by atoms with E-state index in [4.69, 9.17) is 4.74 Å². The van der Waals surface area contributed by atoms with E-state index < -0.39 is 23.3 Å². The number of unbranched alkanes of at least 4 members (excludes halogenated alkanes) is 1. The molecule has 2 amide bonds. The van der Waals surface area contributed by atoms with Gasteiger partial charge in [0.1, 0.15) is 0 Å². The largest absolute Gasteiger partial charge is 0.504 e. The maximum absolute atomic E-state index is 11.6. The number of nitrogens with one attached hydrogen (secondary N) is 2. The number of hydrogen-bond donors (Lipinski definition) is 5. The molecule has 0 aliphatic carbocycles. The van der Waals surface area contributed by atoms with Crippen molar-refractivity contribution in [3.8, 4) is 17.2 Å². The number of aromatic hydroxyl groups is 3. The molecule has 1 aromatic carbocycles. The lowest BCUT2D eigenvalue weighted by atomic mass is 10.2. The number of phenolic OH excluding ortho intramolecular Hbond substituents is 3. The normalized spacial score (nSPS) is 10.3. The summed E-state index contributed by atoms with van der Waals surface area (Å²) in [5.74, 6) is -1.63. The molecule has 118 valence electrons. The molecule has 1 rings (SSSR count). The molecular formula is C14H22N2O5. The Balaban J connectivity index is 2.25. The molecular weight excluding hydrogens is 276 g/mol. The minimum atomic E-state index is -0.620. The van der Waals surface area contributed by atoms with E-state index in [2.05, 4.69) is 17.6 Å². The second kappa shape index (κ2) is 8.91. The summed E-state index contributed by atoms with van der Waals surface area (Å²) in [6, 6.07) is 1.82. The van der Waals surface area contributed by atoms with E-state index in [0.29, 0.717) is 19.6 Å². The van der Waals surface area contributed by atoms with E-state index in [9.17, 15) is 20.1 Å². The smallest absolute Gasteiger partial charge is 0.319 e. The van der Waals surface area contributed by atoms with Gasteiger partial charge in [-0.3, -0.25) is 0 Å². The van der Waals surface area contributed by atoms with Crippen molar-refractivity contribution in [3.63, 3.8) is 0 Å². The van der Waals surface area contributed by atoms with Gasteiger partial charge in [0.05, 0.1) is 5.69 Å². The predicted molar refractivity (Wildman–Crippen MR) is 78.8 cm³/mol. The molecule has 0 saturated carbocycles. The first kappa shape index (κ1) is 16.9. The second-order valence-corrected chi connectivity index (χ2v) is 4.56. The van der Waals surface area contributed by atoms with Crippen LogP contribution in [0.3, 0.4) is 0 Å². The summed E-state index contributed by atoms with van der Waals surface area (Å²) in [6.45, 7) is 3.86. The fourth-order valence-corrected chi connectivity index (χ4v) is 1.58. The van der Waals surface area contributed by atoms with E-state index >= 15 is 0 Å². The summed E-state index contributed by atoms with van der Waals surface area (Å²) in [5, 5.41) is 32.9. The van der Waals surface area contributed by atoms with Crippen molar-refractivity contribution in [1.82, 2.24) is 5.32 Å². The number of urea groups is 1. The average Bonchev–Trinajstić information content (AvgIpc) is 2.43. The first-order chi connectivity index (χ1) is 10.0. The minimum absolute atomic E-state index is 0.180. The van der Waals surface area contributed by atoms with Gasteiger partial charge >= 0.3 is 6.03 Å². The lowest BCUT2D eigenvalue weighted by Crippen LogP contribution is -2.30. The number of hydrogen-bond acceptors (Lipinski definition) is 5. The Bertz CT molecular complexity index is 442. The molecule has 1 aromatic rings. The van der Waals surface area contributed by atoms with Crippen molar-refractivity contribution < 1.29 is 24.9 Å². The number of phenols is 3. The SMILES string of the molecule is CCCCOCCCNC(=O)Nc1cc(O)c(O)c(O)c1. The van der Waals surface area contributed by atoms with Crippen LogP contribution in [0.25, 0.3) is 0 Å². The van der Waals surface area contributed by atoms with E-state index in [1.54, 1.807) is 0 Å². The Labute approximate surface area is 123 Å². The summed E-state index contributed by atoms with van der Waals surface area (Å²) in [4.78, 5) is 11.6. The highest BCUT2D eigenvalue weighted by Gasteiger charge is 2.09. The molecule has 0 aliphatic heterocycles. The summed E-state index contributed by atoms with van der Waals surface area (Å²) < 4.78 is 5.35. The summed E-state index contributed by atoms with van der Waals surface area (Å²) in [7, 11) is 0. The first-order valence-electron chi connectivity index (χ1n) is 6.92. The predicted octanol–water partition coefficient (Wildman–Crippen LogP) is 2.13. The molecule has 0 fully saturated rings. The average molecular weight is 298 g/mol. The zero-order valence-electron chi connectivity index (χ0n) is 12.1. The van der Waals surface area contributed by atoms with Gasteiger partial charge in [-0.15, -0.1) is 0 Å². The molecule has 0 spiro atoms. The van der Waals surface area contributed by atoms with E-state index in [1.165, 1.54) is 0 Å². The molecule has 21 heavy (non-hydrogen) atoms. The van der Waals surface area contributed by atoms with Crippen molar-refractivity contribution in [2.24, 2.45) is 0 Å². The second-order valence-electron chi connectivity index (χ2n) is 4.56. The molecule has 7 nitrogen and oxygen atoms in total. The third-order valence-corrected chi connectivity index (χ3v) is 2.72. The van der Waals surface area contributed by atoms with Gasteiger partial charge in [0, 0.05) is 31.9 Å². The molecule has 0 unspecified atom stereocenters. The van der Waals surface area contributed by atoms with Crippen LogP contribution in [-0.4, -0.2) is 41.1 Å². The summed E-state index contributed by atoms with van der Waals surface area (Å²) in [5.41, 5.74) is 0.180. The summed E-state index contributed by atoms with van der Waals surface area (Å²) >= 11 is 0. The Kier molecular flexibility index (Phi) is 7.17. The quantitative estimate of drug-likeness (QED) is 0.287. The molecule has 0 atom stereocenters. The van der Waals surface area contributed by atoms with Crippen LogP contribution in [0.5, 0.6) is 17.2 Å². The lowest BCUT2D eigenvalue weighted by molar-refractivity contribution is 0.129. The lowest BCUT2D eigenvalue weighted by Gasteiger charge is -2.09. The third-order valence-electron chi connectivity index (χ3n) is 2.72. The van der Waals surface area contributed by atoms with Crippen LogP contribution in [-0.2, 0) is 4.74 Å². The van der Waals surface area contributed by atoms with Crippen molar-refractivity contribution in [1.29, 1.82) is 0 Å². The molecule has 7 heteroatoms. The maximum atomic E-state index is 11.6. The Morgan fingerprint density at radius 1 is 1.14 bits per heavy atom. The van der Waals surface area contributed by atoms with Crippen LogP contribution in [0, 0.1) is 0 Å². The number of ether oxygens (including phenoxy) is 1. The van der Waals surface area contributed by atoms with Gasteiger partial charge in [-0.05, 0) is 12.8 Å². The van der Waals surface area contributed by atoms with Crippen LogP contribution < -0.4 is 10.6 Å². The van der Waals surface area contributed by atoms with Crippen LogP contribution in [0.2, 0.25) is 0 Å². The molecule has 0 saturated heterocycles. The number of anilines is 1. The van der Waals surface area contributed by atoms with Crippen molar-refractivity contribution in [2.75, 3.05) is 25.1 Å². The van der Waals surface area contributed by atoms with Gasteiger partial charge < -0.3 is 30.7 Å². The standard InChI is InChI=1S/C14H22N2O5/c1-2-3-6-21-7-4-5-15-14(20)16-10-8-11(17)13(19)12(18)9-10/h8-9,17-19H,2-7H2,1H3,(H2,15,16,20). The summed E-state index contributed by atoms with van der Waals surface area (Å²) in [6.07, 6.45) is 2.82. The number of amides is 2. The minimum Gasteiger partial charge on any atom is -0.504 e. The molecule has 0 heterocycles. The number of carbonyl (C=O) groups excluding carboxylic acids is 1. The Morgan fingerprint density at radius 2 is 1.76 bits per heavy atom. The topological polar surface area (TPSA) is 111 Å². The molecule has 0 bridgehead atoms. The zero-order chi connectivity index (χ0) is 15.7. The molecule has 0 aliphatic rings. The van der Waals surface area contributed by atoms with Crippen molar-refractivity contribution in [3.05, 3.63) is 12.1 Å².